The lowest BCUT2D eigenvalue weighted by molar-refractivity contribution is 0.0686. The molecule has 0 spiro atoms. The zero-order valence-electron chi connectivity index (χ0n) is 14.9. The highest BCUT2D eigenvalue weighted by Gasteiger charge is 2.26. The van der Waals surface area contributed by atoms with Crippen LogP contribution in [0.5, 0.6) is 5.75 Å². The zero-order valence-corrected chi connectivity index (χ0v) is 14.9. The molecule has 0 atom stereocenters. The summed E-state index contributed by atoms with van der Waals surface area (Å²) in [5.41, 5.74) is 0.416. The van der Waals surface area contributed by atoms with E-state index in [4.69, 9.17) is 0 Å². The molecule has 1 heterocycles. The number of aromatic nitrogens is 2. The first-order valence-corrected chi connectivity index (χ1v) is 8.27. The van der Waals surface area contributed by atoms with Gasteiger partial charge in [-0.25, -0.2) is 9.78 Å². The Kier molecular flexibility index (Phi) is 4.94. The molecule has 2 aromatic carbocycles. The lowest BCUT2D eigenvalue weighted by atomic mass is 9.98. The minimum Gasteiger partial charge on any atom is -0.501 e. The number of aromatic carboxylic acids is 1. The van der Waals surface area contributed by atoms with Crippen LogP contribution in [0, 0.1) is 0 Å². The number of benzene rings is 2. The highest BCUT2D eigenvalue weighted by Crippen LogP contribution is 2.30. The fourth-order valence-corrected chi connectivity index (χ4v) is 3.07. The Morgan fingerprint density at radius 3 is 1.96 bits per heavy atom. The number of nitrogens with zero attached hydrogens (tertiary/aromatic N) is 3. The molecule has 0 aliphatic carbocycles. The van der Waals surface area contributed by atoms with E-state index in [9.17, 15) is 19.8 Å². The Hall–Kier alpha value is -3.61. The van der Waals surface area contributed by atoms with Crippen LogP contribution < -0.4 is 10.5 Å². The van der Waals surface area contributed by atoms with Gasteiger partial charge in [0.1, 0.15) is 0 Å². The second kappa shape index (κ2) is 7.33. The average Bonchev–Trinajstić information content (AvgIpc) is 2.68. The van der Waals surface area contributed by atoms with Crippen molar-refractivity contribution in [3.63, 3.8) is 0 Å². The molecule has 0 amide bonds. The molecule has 27 heavy (non-hydrogen) atoms. The first-order valence-electron chi connectivity index (χ1n) is 8.27. The van der Waals surface area contributed by atoms with Gasteiger partial charge in [0.05, 0.1) is 6.04 Å². The van der Waals surface area contributed by atoms with Crippen molar-refractivity contribution in [3.05, 3.63) is 87.8 Å². The number of carbonyl (C=O) groups is 1. The minimum atomic E-state index is -1.46. The zero-order chi connectivity index (χ0) is 19.6. The van der Waals surface area contributed by atoms with Crippen molar-refractivity contribution in [1.82, 2.24) is 9.55 Å². The quantitative estimate of drug-likeness (QED) is 0.721. The van der Waals surface area contributed by atoms with Crippen LogP contribution in [0.2, 0.25) is 0 Å². The summed E-state index contributed by atoms with van der Waals surface area (Å²) < 4.78 is 1.14. The highest BCUT2D eigenvalue weighted by atomic mass is 16.4. The van der Waals surface area contributed by atoms with Gasteiger partial charge in [0.15, 0.2) is 5.69 Å². The van der Waals surface area contributed by atoms with E-state index in [0.717, 1.165) is 15.7 Å². The standard InChI is InChI=1S/C20H19N3O4/c1-22(20-21-15(19(26)27)17(24)18(25)23(20)2)16(13-9-5-3-6-10-13)14-11-7-4-8-12-14/h3-12,16,24H,1-2H3,(H,26,27). The fourth-order valence-electron chi connectivity index (χ4n) is 3.07. The van der Waals surface area contributed by atoms with Crippen LogP contribution >= 0.6 is 0 Å². The second-order valence-electron chi connectivity index (χ2n) is 6.11. The van der Waals surface area contributed by atoms with Gasteiger partial charge in [-0.15, -0.1) is 0 Å². The molecule has 138 valence electrons. The molecular formula is C20H19N3O4. The number of hydrogen-bond donors (Lipinski definition) is 2. The normalized spacial score (nSPS) is 10.8. The van der Waals surface area contributed by atoms with E-state index in [-0.39, 0.29) is 12.0 Å². The van der Waals surface area contributed by atoms with Crippen molar-refractivity contribution in [2.75, 3.05) is 11.9 Å². The van der Waals surface area contributed by atoms with Crippen LogP contribution in [0.4, 0.5) is 5.95 Å². The van der Waals surface area contributed by atoms with Gasteiger partial charge in [-0.3, -0.25) is 9.36 Å². The summed E-state index contributed by atoms with van der Waals surface area (Å²) in [5, 5.41) is 19.1. The molecule has 0 aliphatic heterocycles. The average molecular weight is 365 g/mol. The largest absolute Gasteiger partial charge is 0.501 e. The molecule has 0 unspecified atom stereocenters. The maximum Gasteiger partial charge on any atom is 0.358 e. The lowest BCUT2D eigenvalue weighted by Crippen LogP contribution is -2.33. The lowest BCUT2D eigenvalue weighted by Gasteiger charge is -2.31. The molecule has 1 aromatic heterocycles. The van der Waals surface area contributed by atoms with Crippen molar-refractivity contribution >= 4 is 11.9 Å². The number of carboxylic acid groups (broad SMARTS) is 1. The molecule has 0 saturated carbocycles. The molecule has 3 rings (SSSR count). The van der Waals surface area contributed by atoms with E-state index in [0.29, 0.717) is 0 Å². The molecular weight excluding hydrogens is 346 g/mol. The number of aromatic hydroxyl groups is 1. The van der Waals surface area contributed by atoms with E-state index in [1.807, 2.05) is 60.7 Å². The van der Waals surface area contributed by atoms with Crippen LogP contribution in [-0.4, -0.2) is 32.8 Å². The third-order valence-corrected chi connectivity index (χ3v) is 4.38. The van der Waals surface area contributed by atoms with E-state index < -0.39 is 23.0 Å². The Labute approximate surface area is 155 Å². The molecule has 3 aromatic rings. The third kappa shape index (κ3) is 3.39. The Bertz CT molecular complexity index is 977. The Morgan fingerprint density at radius 1 is 1.04 bits per heavy atom. The van der Waals surface area contributed by atoms with Gasteiger partial charge < -0.3 is 15.1 Å². The van der Waals surface area contributed by atoms with Gasteiger partial charge in [0.2, 0.25) is 11.7 Å². The molecule has 0 radical (unpaired) electrons. The molecule has 0 bridgehead atoms. The molecule has 7 heteroatoms. The number of rotatable bonds is 5. The monoisotopic (exact) mass is 365 g/mol. The summed E-state index contributed by atoms with van der Waals surface area (Å²) in [6.07, 6.45) is 0. The van der Waals surface area contributed by atoms with Crippen molar-refractivity contribution in [1.29, 1.82) is 0 Å². The second-order valence-corrected chi connectivity index (χ2v) is 6.11. The summed E-state index contributed by atoms with van der Waals surface area (Å²) in [7, 11) is 3.18. The van der Waals surface area contributed by atoms with Gasteiger partial charge in [0, 0.05) is 14.1 Å². The summed E-state index contributed by atoms with van der Waals surface area (Å²) in [6, 6.07) is 18.9. The van der Waals surface area contributed by atoms with Gasteiger partial charge in [-0.2, -0.15) is 0 Å². The first kappa shape index (κ1) is 18.2. The van der Waals surface area contributed by atoms with Gasteiger partial charge in [-0.05, 0) is 11.1 Å². The van der Waals surface area contributed by atoms with Crippen LogP contribution in [0.15, 0.2) is 65.5 Å². The van der Waals surface area contributed by atoms with Crippen LogP contribution in [0.1, 0.15) is 27.7 Å². The van der Waals surface area contributed by atoms with Gasteiger partial charge in [-0.1, -0.05) is 60.7 Å². The van der Waals surface area contributed by atoms with Crippen LogP contribution in [-0.2, 0) is 7.05 Å². The smallest absolute Gasteiger partial charge is 0.358 e. The summed E-state index contributed by atoms with van der Waals surface area (Å²) in [4.78, 5) is 29.4. The maximum atomic E-state index is 12.3. The van der Waals surface area contributed by atoms with Crippen molar-refractivity contribution < 1.29 is 15.0 Å². The summed E-state index contributed by atoms with van der Waals surface area (Å²) in [6.45, 7) is 0. The molecule has 0 aliphatic rings. The van der Waals surface area contributed by atoms with Crippen LogP contribution in [0.3, 0.4) is 0 Å². The predicted octanol–water partition coefficient (Wildman–Crippen LogP) is 2.41. The van der Waals surface area contributed by atoms with Crippen molar-refractivity contribution in [2.24, 2.45) is 7.05 Å². The van der Waals surface area contributed by atoms with Crippen LogP contribution in [0.25, 0.3) is 0 Å². The van der Waals surface area contributed by atoms with Gasteiger partial charge in [0.25, 0.3) is 5.56 Å². The number of hydrogen-bond acceptors (Lipinski definition) is 5. The first-order chi connectivity index (χ1) is 12.9. The molecule has 7 nitrogen and oxygen atoms in total. The predicted molar refractivity (Wildman–Crippen MR) is 101 cm³/mol. The molecule has 0 saturated heterocycles. The van der Waals surface area contributed by atoms with E-state index in [1.54, 1.807) is 11.9 Å². The highest BCUT2D eigenvalue weighted by molar-refractivity contribution is 5.88. The SMILES string of the molecule is CN(c1nc(C(=O)O)c(O)c(=O)n1C)C(c1ccccc1)c1ccccc1. The summed E-state index contributed by atoms with van der Waals surface area (Å²) >= 11 is 0. The van der Waals surface area contributed by atoms with E-state index in [2.05, 4.69) is 4.98 Å². The maximum absolute atomic E-state index is 12.3. The molecule has 2 N–H and O–H groups in total. The summed E-state index contributed by atoms with van der Waals surface area (Å²) in [5.74, 6) is -2.21. The van der Waals surface area contributed by atoms with Gasteiger partial charge >= 0.3 is 5.97 Å². The van der Waals surface area contributed by atoms with E-state index in [1.165, 1.54) is 7.05 Å². The Balaban J connectivity index is 2.20. The van der Waals surface area contributed by atoms with Crippen molar-refractivity contribution in [2.45, 2.75) is 6.04 Å². The number of anilines is 1. The topological polar surface area (TPSA) is 95.7 Å². The molecule has 0 fully saturated rings. The minimum absolute atomic E-state index is 0.132. The fraction of sp³-hybridized carbons (Fsp3) is 0.150. The third-order valence-electron chi connectivity index (χ3n) is 4.38. The van der Waals surface area contributed by atoms with E-state index >= 15 is 0 Å². The number of carboxylic acids is 1. The Morgan fingerprint density at radius 2 is 1.52 bits per heavy atom. The van der Waals surface area contributed by atoms with Crippen molar-refractivity contribution in [3.8, 4) is 5.75 Å².